The van der Waals surface area contributed by atoms with Crippen molar-refractivity contribution in [2.75, 3.05) is 5.32 Å². The monoisotopic (exact) mass is 409 g/mol. The highest BCUT2D eigenvalue weighted by Crippen LogP contribution is 2.28. The molecule has 4 aromatic rings. The van der Waals surface area contributed by atoms with Crippen LogP contribution in [0.2, 0.25) is 0 Å². The molecule has 7 heteroatoms. The van der Waals surface area contributed by atoms with E-state index in [2.05, 4.69) is 41.2 Å². The van der Waals surface area contributed by atoms with E-state index in [4.69, 9.17) is 0 Å². The molecule has 0 atom stereocenters. The van der Waals surface area contributed by atoms with Crippen LogP contribution in [0, 0.1) is 5.82 Å². The van der Waals surface area contributed by atoms with Gasteiger partial charge >= 0.3 is 0 Å². The van der Waals surface area contributed by atoms with E-state index >= 15 is 0 Å². The lowest BCUT2D eigenvalue weighted by Gasteiger charge is -2.07. The molecule has 2 N–H and O–H groups in total. The van der Waals surface area contributed by atoms with Crippen molar-refractivity contribution in [2.24, 2.45) is 0 Å². The zero-order valence-corrected chi connectivity index (χ0v) is 15.0. The van der Waals surface area contributed by atoms with Crippen LogP contribution in [0.3, 0.4) is 0 Å². The summed E-state index contributed by atoms with van der Waals surface area (Å²) in [6, 6.07) is 15.7. The van der Waals surface area contributed by atoms with Gasteiger partial charge in [0.1, 0.15) is 5.82 Å². The molecule has 2 heterocycles. The minimum atomic E-state index is -0.283. The van der Waals surface area contributed by atoms with Gasteiger partial charge in [0.25, 0.3) is 0 Å². The number of hydrogen-bond acceptors (Lipinski definition) is 4. The normalized spacial score (nSPS) is 10.7. The molecule has 0 unspecified atom stereocenters. The second-order valence-corrected chi connectivity index (χ2v) is 6.45. The Balaban J connectivity index is 1.66. The Morgan fingerprint density at radius 2 is 1.69 bits per heavy atom. The van der Waals surface area contributed by atoms with Gasteiger partial charge in [0.2, 0.25) is 5.95 Å². The molecule has 0 spiro atoms. The number of nitrogens with zero attached hydrogens (tertiary/aromatic N) is 3. The largest absolute Gasteiger partial charge is 0.343 e. The van der Waals surface area contributed by atoms with Crippen molar-refractivity contribution in [1.82, 2.24) is 19.9 Å². The lowest BCUT2D eigenvalue weighted by atomic mass is 10.1. The summed E-state index contributed by atoms with van der Waals surface area (Å²) in [5, 5.41) is 3.17. The van der Waals surface area contributed by atoms with Crippen LogP contribution in [0.1, 0.15) is 0 Å². The van der Waals surface area contributed by atoms with Gasteiger partial charge in [0, 0.05) is 21.9 Å². The van der Waals surface area contributed by atoms with E-state index in [0.29, 0.717) is 17.3 Å². The van der Waals surface area contributed by atoms with Crippen LogP contribution in [0.25, 0.3) is 22.6 Å². The summed E-state index contributed by atoms with van der Waals surface area (Å²) in [7, 11) is 0. The van der Waals surface area contributed by atoms with E-state index in [1.165, 1.54) is 12.1 Å². The van der Waals surface area contributed by atoms with E-state index in [-0.39, 0.29) is 5.82 Å². The topological polar surface area (TPSA) is 66.5 Å². The highest BCUT2D eigenvalue weighted by Gasteiger charge is 2.12. The van der Waals surface area contributed by atoms with Crippen molar-refractivity contribution >= 4 is 27.6 Å². The van der Waals surface area contributed by atoms with Gasteiger partial charge in [-0.2, -0.15) is 0 Å². The van der Waals surface area contributed by atoms with Crippen molar-refractivity contribution in [2.45, 2.75) is 0 Å². The Labute approximate surface area is 157 Å². The molecule has 128 valence electrons. The summed E-state index contributed by atoms with van der Waals surface area (Å²) in [6.45, 7) is 0. The maximum atomic E-state index is 13.2. The number of hydrogen-bond donors (Lipinski definition) is 2. The number of aromatic amines is 1. The van der Waals surface area contributed by atoms with Crippen LogP contribution in [0.15, 0.2) is 71.6 Å². The molecule has 0 aliphatic rings. The minimum absolute atomic E-state index is 0.283. The number of anilines is 2. The number of nitrogens with one attached hydrogen (secondary N) is 2. The summed E-state index contributed by atoms with van der Waals surface area (Å²) >= 11 is 3.41. The first kappa shape index (κ1) is 16.4. The smallest absolute Gasteiger partial charge is 0.227 e. The summed E-state index contributed by atoms with van der Waals surface area (Å²) in [5.74, 6) is 0.193. The van der Waals surface area contributed by atoms with Crippen LogP contribution in [0.5, 0.6) is 0 Å². The van der Waals surface area contributed by atoms with Crippen molar-refractivity contribution in [3.63, 3.8) is 0 Å². The number of rotatable bonds is 4. The van der Waals surface area contributed by atoms with E-state index in [1.54, 1.807) is 30.7 Å². The third kappa shape index (κ3) is 3.48. The fourth-order valence-corrected chi connectivity index (χ4v) is 2.80. The quantitative estimate of drug-likeness (QED) is 0.487. The second-order valence-electron chi connectivity index (χ2n) is 5.53. The lowest BCUT2D eigenvalue weighted by molar-refractivity contribution is 0.628. The molecule has 2 aromatic heterocycles. The van der Waals surface area contributed by atoms with E-state index in [9.17, 15) is 4.39 Å². The molecule has 4 rings (SSSR count). The lowest BCUT2D eigenvalue weighted by Crippen LogP contribution is -1.98. The molecule has 0 amide bonds. The van der Waals surface area contributed by atoms with E-state index < -0.39 is 0 Å². The molecule has 0 radical (unpaired) electrons. The molecule has 2 aromatic carbocycles. The highest BCUT2D eigenvalue weighted by atomic mass is 79.9. The van der Waals surface area contributed by atoms with Crippen molar-refractivity contribution in [3.8, 4) is 22.6 Å². The molecule has 0 saturated carbocycles. The van der Waals surface area contributed by atoms with E-state index in [1.807, 2.05) is 24.3 Å². The minimum Gasteiger partial charge on any atom is -0.343 e. The fourth-order valence-electron chi connectivity index (χ4n) is 2.54. The number of aromatic nitrogens is 4. The Hall–Kier alpha value is -3.06. The van der Waals surface area contributed by atoms with Gasteiger partial charge in [-0.15, -0.1) is 0 Å². The summed E-state index contributed by atoms with van der Waals surface area (Å²) in [6.07, 6.45) is 3.27. The second kappa shape index (κ2) is 7.05. The third-order valence-electron chi connectivity index (χ3n) is 3.77. The molecule has 5 nitrogen and oxygen atoms in total. The Kier molecular flexibility index (Phi) is 4.45. The number of benzene rings is 2. The SMILES string of the molecule is Fc1ccc(-c2nc[nH]c2-c2ccnc(Nc3ccc(Br)cc3)n2)cc1. The van der Waals surface area contributed by atoms with Gasteiger partial charge in [0.15, 0.2) is 0 Å². The molecule has 0 bridgehead atoms. The van der Waals surface area contributed by atoms with Gasteiger partial charge in [-0.1, -0.05) is 15.9 Å². The molecule has 0 aliphatic heterocycles. The van der Waals surface area contributed by atoms with Crippen molar-refractivity contribution in [3.05, 3.63) is 77.4 Å². The van der Waals surface area contributed by atoms with Gasteiger partial charge in [-0.05, 0) is 54.6 Å². The third-order valence-corrected chi connectivity index (χ3v) is 4.30. The zero-order chi connectivity index (χ0) is 17.9. The van der Waals surface area contributed by atoms with Crippen molar-refractivity contribution < 1.29 is 4.39 Å². The Morgan fingerprint density at radius 1 is 0.923 bits per heavy atom. The molecule has 0 saturated heterocycles. The maximum absolute atomic E-state index is 13.2. The van der Waals surface area contributed by atoms with Crippen LogP contribution in [-0.4, -0.2) is 19.9 Å². The number of H-pyrrole nitrogens is 1. The standard InChI is InChI=1S/C19H13BrFN5/c20-13-3-7-15(8-4-13)25-19-22-10-9-16(26-19)18-17(23-11-24-18)12-1-5-14(21)6-2-12/h1-11H,(H,23,24)(H,22,25,26). The van der Waals surface area contributed by atoms with E-state index in [0.717, 1.165) is 21.4 Å². The van der Waals surface area contributed by atoms with Gasteiger partial charge < -0.3 is 10.3 Å². The molecule has 0 fully saturated rings. The predicted molar refractivity (Wildman–Crippen MR) is 102 cm³/mol. The maximum Gasteiger partial charge on any atom is 0.227 e. The van der Waals surface area contributed by atoms with Crippen LogP contribution < -0.4 is 5.32 Å². The molecule has 0 aliphatic carbocycles. The fraction of sp³-hybridized carbons (Fsp3) is 0. The highest BCUT2D eigenvalue weighted by molar-refractivity contribution is 9.10. The predicted octanol–water partition coefficient (Wildman–Crippen LogP) is 5.18. The zero-order valence-electron chi connectivity index (χ0n) is 13.4. The number of halogens is 2. The first-order chi connectivity index (χ1) is 12.7. The first-order valence-electron chi connectivity index (χ1n) is 7.84. The first-order valence-corrected chi connectivity index (χ1v) is 8.64. The van der Waals surface area contributed by atoms with Crippen molar-refractivity contribution in [1.29, 1.82) is 0 Å². The summed E-state index contributed by atoms with van der Waals surface area (Å²) in [4.78, 5) is 16.3. The summed E-state index contributed by atoms with van der Waals surface area (Å²) < 4.78 is 14.2. The van der Waals surface area contributed by atoms with Gasteiger partial charge in [0.05, 0.1) is 23.4 Å². The summed E-state index contributed by atoms with van der Waals surface area (Å²) in [5.41, 5.74) is 3.84. The molecular weight excluding hydrogens is 397 g/mol. The van der Waals surface area contributed by atoms with Gasteiger partial charge in [-0.3, -0.25) is 0 Å². The van der Waals surface area contributed by atoms with Crippen LogP contribution in [-0.2, 0) is 0 Å². The van der Waals surface area contributed by atoms with Gasteiger partial charge in [-0.25, -0.2) is 19.3 Å². The number of imidazole rings is 1. The van der Waals surface area contributed by atoms with Crippen LogP contribution >= 0.6 is 15.9 Å². The Morgan fingerprint density at radius 3 is 2.46 bits per heavy atom. The molecular formula is C19H13BrFN5. The average Bonchev–Trinajstić information content (AvgIpc) is 3.14. The molecule has 26 heavy (non-hydrogen) atoms. The van der Waals surface area contributed by atoms with Crippen LogP contribution in [0.4, 0.5) is 16.0 Å². The average molecular weight is 410 g/mol. The Bertz CT molecular complexity index is 1030.